The standard InChI is InChI=1S/C13H19N5O2S/c1-3-7-18-10-12(8-11(18)9-14-2)21(19,20)17-13-5-4-6-15-16-13/h4-6,8,10,14H,3,7,9H2,1-2H3,(H,16,17). The van der Waals surface area contributed by atoms with E-state index >= 15 is 0 Å². The first kappa shape index (κ1) is 15.5. The van der Waals surface area contributed by atoms with Crippen molar-refractivity contribution in [2.75, 3.05) is 11.8 Å². The predicted molar refractivity (Wildman–Crippen MR) is 80.3 cm³/mol. The zero-order chi connectivity index (χ0) is 15.3. The maximum atomic E-state index is 12.4. The van der Waals surface area contributed by atoms with E-state index in [0.717, 1.165) is 18.7 Å². The molecule has 0 unspecified atom stereocenters. The Hall–Kier alpha value is -1.93. The second kappa shape index (κ2) is 6.68. The first-order valence-electron chi connectivity index (χ1n) is 6.71. The Labute approximate surface area is 124 Å². The summed E-state index contributed by atoms with van der Waals surface area (Å²) in [5, 5.41) is 10.4. The summed E-state index contributed by atoms with van der Waals surface area (Å²) in [7, 11) is -1.82. The summed E-state index contributed by atoms with van der Waals surface area (Å²) in [6.45, 7) is 3.44. The van der Waals surface area contributed by atoms with Crippen LogP contribution >= 0.6 is 0 Å². The smallest absolute Gasteiger partial charge is 0.264 e. The van der Waals surface area contributed by atoms with Crippen LogP contribution in [0.4, 0.5) is 5.82 Å². The van der Waals surface area contributed by atoms with E-state index < -0.39 is 10.0 Å². The van der Waals surface area contributed by atoms with E-state index in [9.17, 15) is 8.42 Å². The molecule has 7 nitrogen and oxygen atoms in total. The third-order valence-corrected chi connectivity index (χ3v) is 4.23. The van der Waals surface area contributed by atoms with Crippen molar-refractivity contribution in [1.29, 1.82) is 0 Å². The topological polar surface area (TPSA) is 88.9 Å². The van der Waals surface area contributed by atoms with Gasteiger partial charge in [0, 0.05) is 31.2 Å². The van der Waals surface area contributed by atoms with Gasteiger partial charge in [0.1, 0.15) is 4.90 Å². The fourth-order valence-electron chi connectivity index (χ4n) is 2.00. The van der Waals surface area contributed by atoms with E-state index in [4.69, 9.17) is 0 Å². The number of rotatable bonds is 7. The molecule has 0 aliphatic heterocycles. The van der Waals surface area contributed by atoms with E-state index in [1.54, 1.807) is 24.4 Å². The molecule has 0 fully saturated rings. The summed E-state index contributed by atoms with van der Waals surface area (Å²) in [6.07, 6.45) is 4.07. The Morgan fingerprint density at radius 1 is 1.38 bits per heavy atom. The van der Waals surface area contributed by atoms with Crippen LogP contribution in [0.5, 0.6) is 0 Å². The molecule has 0 saturated heterocycles. The van der Waals surface area contributed by atoms with Gasteiger partial charge < -0.3 is 9.88 Å². The molecule has 8 heteroatoms. The van der Waals surface area contributed by atoms with E-state index in [1.807, 2.05) is 11.6 Å². The molecule has 0 atom stereocenters. The molecule has 2 aromatic rings. The molecule has 114 valence electrons. The molecule has 0 aliphatic carbocycles. The minimum atomic E-state index is -3.65. The van der Waals surface area contributed by atoms with Gasteiger partial charge in [-0.1, -0.05) is 6.92 Å². The first-order chi connectivity index (χ1) is 10.1. The zero-order valence-corrected chi connectivity index (χ0v) is 12.9. The van der Waals surface area contributed by atoms with Gasteiger partial charge in [-0.25, -0.2) is 8.42 Å². The van der Waals surface area contributed by atoms with Crippen molar-refractivity contribution in [2.45, 2.75) is 31.3 Å². The Kier molecular flexibility index (Phi) is 4.92. The Bertz CT molecular complexity index is 658. The lowest BCUT2D eigenvalue weighted by Gasteiger charge is -2.06. The summed E-state index contributed by atoms with van der Waals surface area (Å²) in [6, 6.07) is 4.85. The minimum Gasteiger partial charge on any atom is -0.349 e. The highest BCUT2D eigenvalue weighted by atomic mass is 32.2. The van der Waals surface area contributed by atoms with Crippen LogP contribution in [-0.4, -0.2) is 30.2 Å². The summed E-state index contributed by atoms with van der Waals surface area (Å²) in [5.41, 5.74) is 0.930. The van der Waals surface area contributed by atoms with Crippen molar-refractivity contribution in [3.63, 3.8) is 0 Å². The second-order valence-electron chi connectivity index (χ2n) is 4.61. The van der Waals surface area contributed by atoms with Crippen molar-refractivity contribution in [2.24, 2.45) is 0 Å². The van der Waals surface area contributed by atoms with Gasteiger partial charge in [0.2, 0.25) is 0 Å². The van der Waals surface area contributed by atoms with Crippen LogP contribution < -0.4 is 10.0 Å². The van der Waals surface area contributed by atoms with Gasteiger partial charge in [-0.15, -0.1) is 5.10 Å². The maximum Gasteiger partial charge on any atom is 0.264 e. The summed E-state index contributed by atoms with van der Waals surface area (Å²) in [4.78, 5) is 0.229. The molecule has 2 N–H and O–H groups in total. The number of aryl methyl sites for hydroxylation is 1. The molecule has 0 amide bonds. The summed E-state index contributed by atoms with van der Waals surface area (Å²) in [5.74, 6) is 0.205. The van der Waals surface area contributed by atoms with Crippen LogP contribution in [-0.2, 0) is 23.1 Å². The van der Waals surface area contributed by atoms with Gasteiger partial charge in [-0.2, -0.15) is 5.10 Å². The van der Waals surface area contributed by atoms with Gasteiger partial charge in [0.15, 0.2) is 5.82 Å². The molecule has 2 heterocycles. The van der Waals surface area contributed by atoms with E-state index in [1.165, 1.54) is 6.20 Å². The SMILES string of the molecule is CCCn1cc(S(=O)(=O)Nc2cccnn2)cc1CNC. The Morgan fingerprint density at radius 3 is 2.81 bits per heavy atom. The van der Waals surface area contributed by atoms with E-state index in [0.29, 0.717) is 6.54 Å². The number of nitrogens with zero attached hydrogens (tertiary/aromatic N) is 3. The van der Waals surface area contributed by atoms with Crippen molar-refractivity contribution in [3.8, 4) is 0 Å². The van der Waals surface area contributed by atoms with Crippen LogP contribution in [0.15, 0.2) is 35.5 Å². The maximum absolute atomic E-state index is 12.4. The highest BCUT2D eigenvalue weighted by Gasteiger charge is 2.18. The lowest BCUT2D eigenvalue weighted by molar-refractivity contribution is 0.599. The normalized spacial score (nSPS) is 11.5. The highest BCUT2D eigenvalue weighted by Crippen LogP contribution is 2.18. The quantitative estimate of drug-likeness (QED) is 0.802. The molecule has 2 rings (SSSR count). The minimum absolute atomic E-state index is 0.205. The largest absolute Gasteiger partial charge is 0.349 e. The lowest BCUT2D eigenvalue weighted by Crippen LogP contribution is -2.13. The molecule has 2 aromatic heterocycles. The average Bonchev–Trinajstić information content (AvgIpc) is 2.85. The van der Waals surface area contributed by atoms with Crippen molar-refractivity contribution < 1.29 is 8.42 Å². The highest BCUT2D eigenvalue weighted by molar-refractivity contribution is 7.92. The third kappa shape index (κ3) is 3.79. The Balaban J connectivity index is 2.29. The fourth-order valence-corrected chi connectivity index (χ4v) is 3.06. The Morgan fingerprint density at radius 2 is 2.19 bits per heavy atom. The van der Waals surface area contributed by atoms with Crippen LogP contribution in [0.3, 0.4) is 0 Å². The predicted octanol–water partition coefficient (Wildman–Crippen LogP) is 1.21. The molecule has 0 bridgehead atoms. The molecule has 0 spiro atoms. The van der Waals surface area contributed by atoms with E-state index in [-0.39, 0.29) is 10.7 Å². The number of nitrogens with one attached hydrogen (secondary N) is 2. The molecule has 0 aromatic carbocycles. The third-order valence-electron chi connectivity index (χ3n) is 2.90. The number of aromatic nitrogens is 3. The van der Waals surface area contributed by atoms with Gasteiger partial charge in [-0.3, -0.25) is 4.72 Å². The monoisotopic (exact) mass is 309 g/mol. The van der Waals surface area contributed by atoms with Crippen LogP contribution in [0.25, 0.3) is 0 Å². The number of sulfonamides is 1. The molecule has 0 aliphatic rings. The number of hydrogen-bond acceptors (Lipinski definition) is 5. The number of hydrogen-bond donors (Lipinski definition) is 2. The zero-order valence-electron chi connectivity index (χ0n) is 12.1. The van der Waals surface area contributed by atoms with E-state index in [2.05, 4.69) is 27.2 Å². The van der Waals surface area contributed by atoms with Gasteiger partial charge in [0.25, 0.3) is 10.0 Å². The van der Waals surface area contributed by atoms with Crippen LogP contribution in [0.2, 0.25) is 0 Å². The van der Waals surface area contributed by atoms with Crippen molar-refractivity contribution in [3.05, 3.63) is 36.3 Å². The fraction of sp³-hybridized carbons (Fsp3) is 0.385. The van der Waals surface area contributed by atoms with Gasteiger partial charge in [0.05, 0.1) is 0 Å². The molecular weight excluding hydrogens is 290 g/mol. The number of anilines is 1. The van der Waals surface area contributed by atoms with Crippen LogP contribution in [0.1, 0.15) is 19.0 Å². The van der Waals surface area contributed by atoms with Gasteiger partial charge >= 0.3 is 0 Å². The molecule has 21 heavy (non-hydrogen) atoms. The average molecular weight is 309 g/mol. The van der Waals surface area contributed by atoms with Crippen molar-refractivity contribution >= 4 is 15.8 Å². The lowest BCUT2D eigenvalue weighted by atomic mass is 10.4. The van der Waals surface area contributed by atoms with Crippen LogP contribution in [0, 0.1) is 0 Å². The first-order valence-corrected chi connectivity index (χ1v) is 8.19. The molecule has 0 saturated carbocycles. The van der Waals surface area contributed by atoms with Gasteiger partial charge in [-0.05, 0) is 31.7 Å². The summed E-state index contributed by atoms with van der Waals surface area (Å²) >= 11 is 0. The summed E-state index contributed by atoms with van der Waals surface area (Å²) < 4.78 is 29.1. The molecular formula is C13H19N5O2S. The van der Waals surface area contributed by atoms with Crippen molar-refractivity contribution in [1.82, 2.24) is 20.1 Å². The molecule has 0 radical (unpaired) electrons. The second-order valence-corrected chi connectivity index (χ2v) is 6.29.